The molecule has 25 heavy (non-hydrogen) atoms. The molecule has 3 N–H and O–H groups in total. The molecule has 0 radical (unpaired) electrons. The summed E-state index contributed by atoms with van der Waals surface area (Å²) in [6.07, 6.45) is 2.27. The molecule has 0 saturated carbocycles. The van der Waals surface area contributed by atoms with Crippen LogP contribution in [0.1, 0.15) is 22.8 Å². The van der Waals surface area contributed by atoms with Crippen molar-refractivity contribution in [3.05, 3.63) is 46.5 Å². The summed E-state index contributed by atoms with van der Waals surface area (Å²) in [6, 6.07) is 4.91. The molecule has 3 rings (SSSR count). The van der Waals surface area contributed by atoms with Crippen LogP contribution in [0.4, 0.5) is 10.1 Å². The summed E-state index contributed by atoms with van der Waals surface area (Å²) in [5.74, 6) is -1.13. The Morgan fingerprint density at radius 2 is 2.12 bits per heavy atom. The van der Waals surface area contributed by atoms with Crippen molar-refractivity contribution in [2.75, 3.05) is 19.8 Å². The van der Waals surface area contributed by atoms with E-state index in [0.717, 1.165) is 17.4 Å². The van der Waals surface area contributed by atoms with E-state index < -0.39 is 11.7 Å². The summed E-state index contributed by atoms with van der Waals surface area (Å²) < 4.78 is 15.0. The van der Waals surface area contributed by atoms with E-state index in [-0.39, 0.29) is 16.8 Å². The van der Waals surface area contributed by atoms with Crippen LogP contribution in [0.2, 0.25) is 5.15 Å². The smallest absolute Gasteiger partial charge is 0.258 e. The number of nitrogens with one attached hydrogen (secondary N) is 1. The maximum atomic E-state index is 15.0. The molecular formula is C18H18ClFN4O. The average Bonchev–Trinajstić information content (AvgIpc) is 2.88. The number of carbonyl (C=O) groups excluding carboxylic acids is 1. The minimum Gasteiger partial charge on any atom is -0.398 e. The van der Waals surface area contributed by atoms with Crippen molar-refractivity contribution in [2.24, 2.45) is 0 Å². The third-order valence-electron chi connectivity index (χ3n) is 4.16. The largest absolute Gasteiger partial charge is 0.398 e. The third-order valence-corrected chi connectivity index (χ3v) is 4.49. The van der Waals surface area contributed by atoms with Crippen molar-refractivity contribution in [2.45, 2.75) is 13.3 Å². The van der Waals surface area contributed by atoms with Gasteiger partial charge in [0.25, 0.3) is 5.91 Å². The Morgan fingerprint density at radius 1 is 1.40 bits per heavy atom. The lowest BCUT2D eigenvalue weighted by Gasteiger charge is -2.15. The molecule has 3 aromatic rings. The Labute approximate surface area is 149 Å². The maximum absolute atomic E-state index is 15.0. The first-order chi connectivity index (χ1) is 11.8. The minimum atomic E-state index is -0.653. The van der Waals surface area contributed by atoms with Crippen LogP contribution in [-0.2, 0) is 6.42 Å². The van der Waals surface area contributed by atoms with Gasteiger partial charge in [0, 0.05) is 42.5 Å². The Morgan fingerprint density at radius 3 is 2.76 bits per heavy atom. The second kappa shape index (κ2) is 6.37. The van der Waals surface area contributed by atoms with Crippen molar-refractivity contribution in [3.8, 4) is 11.1 Å². The molecule has 0 bridgehead atoms. The molecule has 0 aliphatic rings. The van der Waals surface area contributed by atoms with Crippen LogP contribution in [0, 0.1) is 5.82 Å². The predicted octanol–water partition coefficient (Wildman–Crippen LogP) is 3.87. The molecule has 0 saturated heterocycles. The molecule has 0 spiro atoms. The fraction of sp³-hybridized carbons (Fsp3) is 0.222. The number of nitrogen functional groups attached to an aromatic ring is 1. The number of hydrogen-bond acceptors (Lipinski definition) is 3. The second-order valence-corrected chi connectivity index (χ2v) is 6.36. The fourth-order valence-electron chi connectivity index (χ4n) is 2.84. The van der Waals surface area contributed by atoms with Gasteiger partial charge in [0.05, 0.1) is 5.56 Å². The van der Waals surface area contributed by atoms with Gasteiger partial charge >= 0.3 is 0 Å². The summed E-state index contributed by atoms with van der Waals surface area (Å²) in [7, 11) is 3.10. The zero-order valence-electron chi connectivity index (χ0n) is 14.2. The zero-order valence-corrected chi connectivity index (χ0v) is 14.9. The number of aryl methyl sites for hydroxylation is 1. The molecule has 0 atom stereocenters. The van der Waals surface area contributed by atoms with Gasteiger partial charge in [0.15, 0.2) is 0 Å². The van der Waals surface area contributed by atoms with E-state index in [4.69, 9.17) is 17.3 Å². The number of benzene rings is 1. The first-order valence-electron chi connectivity index (χ1n) is 7.81. The topological polar surface area (TPSA) is 75.0 Å². The highest BCUT2D eigenvalue weighted by molar-refractivity contribution is 6.31. The van der Waals surface area contributed by atoms with Gasteiger partial charge in [-0.25, -0.2) is 9.37 Å². The van der Waals surface area contributed by atoms with Crippen LogP contribution in [0.5, 0.6) is 0 Å². The highest BCUT2D eigenvalue weighted by atomic mass is 35.5. The molecule has 2 aromatic heterocycles. The standard InChI is InChI=1S/C18H18ClFN4O/c1-4-10-12-7-9(8-22-17(12)23-16(10)19)11-5-6-13(21)14(15(11)20)18(25)24(2)3/h5-8H,4,21H2,1-3H3,(H,22,23). The number of amides is 1. The first-order valence-corrected chi connectivity index (χ1v) is 8.19. The molecule has 7 heteroatoms. The number of nitrogens with two attached hydrogens (primary N) is 1. The van der Waals surface area contributed by atoms with E-state index in [1.165, 1.54) is 11.0 Å². The van der Waals surface area contributed by atoms with Gasteiger partial charge in [-0.3, -0.25) is 4.79 Å². The number of rotatable bonds is 3. The summed E-state index contributed by atoms with van der Waals surface area (Å²) in [5, 5.41) is 1.37. The Bertz CT molecular complexity index is 981. The number of halogens is 2. The molecule has 0 unspecified atom stereocenters. The van der Waals surface area contributed by atoms with Gasteiger partial charge in [-0.05, 0) is 30.2 Å². The van der Waals surface area contributed by atoms with E-state index >= 15 is 4.39 Å². The second-order valence-electron chi connectivity index (χ2n) is 5.98. The predicted molar refractivity (Wildman–Crippen MR) is 98.3 cm³/mol. The molecule has 0 aliphatic heterocycles. The van der Waals surface area contributed by atoms with Crippen LogP contribution in [0.3, 0.4) is 0 Å². The number of anilines is 1. The Balaban J connectivity index is 2.21. The number of hydrogen-bond donors (Lipinski definition) is 2. The number of aromatic nitrogens is 2. The van der Waals surface area contributed by atoms with E-state index in [9.17, 15) is 4.79 Å². The quantitative estimate of drug-likeness (QED) is 0.696. The van der Waals surface area contributed by atoms with Gasteiger partial charge < -0.3 is 15.6 Å². The highest BCUT2D eigenvalue weighted by Crippen LogP contribution is 2.33. The van der Waals surface area contributed by atoms with Crippen LogP contribution in [0.15, 0.2) is 24.4 Å². The molecule has 0 fully saturated rings. The van der Waals surface area contributed by atoms with Crippen molar-refractivity contribution in [3.63, 3.8) is 0 Å². The average molecular weight is 361 g/mol. The monoisotopic (exact) mass is 360 g/mol. The lowest BCUT2D eigenvalue weighted by Crippen LogP contribution is -2.24. The van der Waals surface area contributed by atoms with Crippen molar-refractivity contribution in [1.82, 2.24) is 14.9 Å². The number of carbonyl (C=O) groups is 1. The van der Waals surface area contributed by atoms with E-state index in [1.54, 1.807) is 26.4 Å². The summed E-state index contributed by atoms with van der Waals surface area (Å²) in [5.41, 5.74) is 8.19. The van der Waals surface area contributed by atoms with Gasteiger partial charge in [0.2, 0.25) is 0 Å². The normalized spacial score (nSPS) is 11.1. The fourth-order valence-corrected chi connectivity index (χ4v) is 3.16. The molecular weight excluding hydrogens is 343 g/mol. The number of aromatic amines is 1. The summed E-state index contributed by atoms with van der Waals surface area (Å²) in [4.78, 5) is 20.9. The minimum absolute atomic E-state index is 0.105. The summed E-state index contributed by atoms with van der Waals surface area (Å²) >= 11 is 6.18. The van der Waals surface area contributed by atoms with Gasteiger partial charge in [-0.1, -0.05) is 18.5 Å². The molecule has 2 heterocycles. The van der Waals surface area contributed by atoms with Crippen LogP contribution >= 0.6 is 11.6 Å². The SMILES string of the molecule is CCc1c(Cl)[nH]c2ncc(-c3ccc(N)c(C(=O)N(C)C)c3F)cc12. The van der Waals surface area contributed by atoms with Crippen LogP contribution < -0.4 is 5.73 Å². The van der Waals surface area contributed by atoms with Gasteiger partial charge in [-0.2, -0.15) is 0 Å². The molecule has 1 amide bonds. The maximum Gasteiger partial charge on any atom is 0.258 e. The zero-order chi connectivity index (χ0) is 18.3. The van der Waals surface area contributed by atoms with Crippen molar-refractivity contribution in [1.29, 1.82) is 0 Å². The van der Waals surface area contributed by atoms with Crippen molar-refractivity contribution < 1.29 is 9.18 Å². The Kier molecular flexibility index (Phi) is 4.39. The lowest BCUT2D eigenvalue weighted by molar-refractivity contribution is 0.0824. The molecule has 130 valence electrons. The third kappa shape index (κ3) is 2.82. The lowest BCUT2D eigenvalue weighted by atomic mass is 10.00. The van der Waals surface area contributed by atoms with Crippen molar-refractivity contribution >= 4 is 34.2 Å². The molecule has 1 aromatic carbocycles. The number of nitrogens with zero attached hydrogens (tertiary/aromatic N) is 2. The van der Waals surface area contributed by atoms with Crippen LogP contribution in [-0.4, -0.2) is 34.9 Å². The van der Waals surface area contributed by atoms with E-state index in [0.29, 0.717) is 16.4 Å². The molecule has 0 aliphatic carbocycles. The van der Waals surface area contributed by atoms with Gasteiger partial charge in [0.1, 0.15) is 16.6 Å². The summed E-state index contributed by atoms with van der Waals surface area (Å²) in [6.45, 7) is 1.98. The van der Waals surface area contributed by atoms with E-state index in [2.05, 4.69) is 9.97 Å². The Hall–Kier alpha value is -2.60. The number of pyridine rings is 1. The number of H-pyrrole nitrogens is 1. The highest BCUT2D eigenvalue weighted by Gasteiger charge is 2.21. The number of fused-ring (bicyclic) bond motifs is 1. The first kappa shape index (κ1) is 17.2. The van der Waals surface area contributed by atoms with Gasteiger partial charge in [-0.15, -0.1) is 0 Å². The van der Waals surface area contributed by atoms with Crippen LogP contribution in [0.25, 0.3) is 22.2 Å². The van der Waals surface area contributed by atoms with E-state index in [1.807, 2.05) is 13.0 Å². The molecule has 5 nitrogen and oxygen atoms in total.